The first-order valence-corrected chi connectivity index (χ1v) is 10.3. The van der Waals surface area contributed by atoms with E-state index in [0.717, 1.165) is 64.6 Å². The Morgan fingerprint density at radius 1 is 0.438 bits per heavy atom. The van der Waals surface area contributed by atoms with E-state index in [-0.39, 0.29) is 11.1 Å². The molecular formula is C28H14O4. The fourth-order valence-electron chi connectivity index (χ4n) is 5.48. The summed E-state index contributed by atoms with van der Waals surface area (Å²) in [5, 5.41) is 31.5. The minimum atomic E-state index is -0.932. The summed E-state index contributed by atoms with van der Waals surface area (Å²) in [6.07, 6.45) is 0. The van der Waals surface area contributed by atoms with Crippen molar-refractivity contribution in [2.75, 3.05) is 0 Å². The van der Waals surface area contributed by atoms with E-state index in [9.17, 15) is 19.8 Å². The molecule has 0 amide bonds. The van der Waals surface area contributed by atoms with E-state index in [1.807, 2.05) is 24.3 Å². The molecule has 0 radical (unpaired) electrons. The molecule has 150 valence electrons. The van der Waals surface area contributed by atoms with Gasteiger partial charge in [0, 0.05) is 0 Å². The topological polar surface area (TPSA) is 74.6 Å². The van der Waals surface area contributed by atoms with Gasteiger partial charge in [-0.25, -0.2) is 9.59 Å². The van der Waals surface area contributed by atoms with Crippen LogP contribution in [-0.2, 0) is 0 Å². The lowest BCUT2D eigenvalue weighted by molar-refractivity contribution is 0.0686. The van der Waals surface area contributed by atoms with Crippen LogP contribution < -0.4 is 0 Å². The number of fused-ring (bicyclic) bond motifs is 2. The highest BCUT2D eigenvalue weighted by Gasteiger charge is 2.19. The molecule has 32 heavy (non-hydrogen) atoms. The highest BCUT2D eigenvalue weighted by atomic mass is 16.4. The smallest absolute Gasteiger partial charge is 0.335 e. The van der Waals surface area contributed by atoms with E-state index in [4.69, 9.17) is 0 Å². The summed E-state index contributed by atoms with van der Waals surface area (Å²) >= 11 is 0. The zero-order valence-corrected chi connectivity index (χ0v) is 16.6. The normalized spacial score (nSPS) is 12.2. The molecule has 7 aromatic carbocycles. The zero-order valence-electron chi connectivity index (χ0n) is 16.6. The molecular weight excluding hydrogens is 400 g/mol. The van der Waals surface area contributed by atoms with Gasteiger partial charge in [0.15, 0.2) is 0 Å². The van der Waals surface area contributed by atoms with E-state index in [1.54, 1.807) is 24.3 Å². The predicted octanol–water partition coefficient (Wildman–Crippen LogP) is 6.88. The van der Waals surface area contributed by atoms with Gasteiger partial charge in [-0.3, -0.25) is 0 Å². The molecule has 4 nitrogen and oxygen atoms in total. The zero-order chi connectivity index (χ0) is 21.7. The maximum atomic E-state index is 11.6. The minimum Gasteiger partial charge on any atom is -0.478 e. The van der Waals surface area contributed by atoms with Crippen molar-refractivity contribution < 1.29 is 19.8 Å². The van der Waals surface area contributed by atoms with E-state index in [0.29, 0.717) is 0 Å². The van der Waals surface area contributed by atoms with Gasteiger partial charge in [0.05, 0.1) is 11.1 Å². The lowest BCUT2D eigenvalue weighted by Gasteiger charge is -2.18. The molecule has 7 rings (SSSR count). The third kappa shape index (κ3) is 2.01. The predicted molar refractivity (Wildman–Crippen MR) is 128 cm³/mol. The Kier molecular flexibility index (Phi) is 3.03. The largest absolute Gasteiger partial charge is 0.478 e. The summed E-state index contributed by atoms with van der Waals surface area (Å²) in [7, 11) is 0. The van der Waals surface area contributed by atoms with E-state index < -0.39 is 11.9 Å². The van der Waals surface area contributed by atoms with Gasteiger partial charge in [-0.1, -0.05) is 48.5 Å². The molecule has 0 aliphatic heterocycles. The second-order valence-electron chi connectivity index (χ2n) is 8.41. The number of benzene rings is 7. The number of hydrogen-bond donors (Lipinski definition) is 2. The standard InChI is InChI=1S/C28H14O4/c29-27(30)17-9-13-1-5-19-20-6-3-15-11-18(28(31)32)12-16-4-8-22(26(20)24(15)16)21-7-2-14(10-17)23(13)25(19)21/h1-12H,(H,29,30)(H,31,32). The van der Waals surface area contributed by atoms with Gasteiger partial charge < -0.3 is 10.2 Å². The van der Waals surface area contributed by atoms with Gasteiger partial charge in [-0.2, -0.15) is 0 Å². The summed E-state index contributed by atoms with van der Waals surface area (Å²) in [5.41, 5.74) is 0.568. The van der Waals surface area contributed by atoms with Crippen molar-refractivity contribution in [3.8, 4) is 0 Å². The van der Waals surface area contributed by atoms with Crippen molar-refractivity contribution in [2.24, 2.45) is 0 Å². The van der Waals surface area contributed by atoms with Gasteiger partial charge >= 0.3 is 11.9 Å². The molecule has 0 aliphatic rings. The summed E-state index contributed by atoms with van der Waals surface area (Å²) in [4.78, 5) is 23.2. The van der Waals surface area contributed by atoms with Gasteiger partial charge in [-0.05, 0) is 88.9 Å². The van der Waals surface area contributed by atoms with Crippen LogP contribution in [0, 0.1) is 0 Å². The van der Waals surface area contributed by atoms with Crippen molar-refractivity contribution in [1.82, 2.24) is 0 Å². The van der Waals surface area contributed by atoms with Crippen LogP contribution in [0.5, 0.6) is 0 Å². The second-order valence-corrected chi connectivity index (χ2v) is 8.41. The number of rotatable bonds is 2. The fourth-order valence-corrected chi connectivity index (χ4v) is 5.48. The van der Waals surface area contributed by atoms with Gasteiger partial charge in [0.1, 0.15) is 0 Å². The fraction of sp³-hybridized carbons (Fsp3) is 0. The number of carbonyl (C=O) groups is 2. The van der Waals surface area contributed by atoms with Crippen molar-refractivity contribution in [3.05, 3.63) is 83.9 Å². The second kappa shape index (κ2) is 5.62. The number of carboxylic acid groups (broad SMARTS) is 2. The van der Waals surface area contributed by atoms with Crippen LogP contribution in [0.4, 0.5) is 0 Å². The van der Waals surface area contributed by atoms with Gasteiger partial charge in [0.25, 0.3) is 0 Å². The third-order valence-electron chi connectivity index (χ3n) is 6.77. The summed E-state index contributed by atoms with van der Waals surface area (Å²) in [6.45, 7) is 0. The lowest BCUT2D eigenvalue weighted by atomic mass is 9.85. The van der Waals surface area contributed by atoms with Crippen molar-refractivity contribution >= 4 is 76.6 Å². The average Bonchev–Trinajstić information content (AvgIpc) is 2.80. The van der Waals surface area contributed by atoms with Crippen molar-refractivity contribution in [1.29, 1.82) is 0 Å². The molecule has 0 bridgehead atoms. The lowest BCUT2D eigenvalue weighted by Crippen LogP contribution is -1.98. The number of carboxylic acids is 2. The quantitative estimate of drug-likeness (QED) is 0.239. The first kappa shape index (κ1) is 17.3. The molecule has 0 heterocycles. The molecule has 0 aliphatic carbocycles. The van der Waals surface area contributed by atoms with Crippen LogP contribution >= 0.6 is 0 Å². The van der Waals surface area contributed by atoms with Crippen molar-refractivity contribution in [2.45, 2.75) is 0 Å². The van der Waals surface area contributed by atoms with Crippen LogP contribution in [0.2, 0.25) is 0 Å². The Morgan fingerprint density at radius 2 is 0.719 bits per heavy atom. The van der Waals surface area contributed by atoms with Crippen LogP contribution in [0.25, 0.3) is 64.6 Å². The maximum absolute atomic E-state index is 11.6. The molecule has 2 N–H and O–H groups in total. The van der Waals surface area contributed by atoms with E-state index >= 15 is 0 Å². The van der Waals surface area contributed by atoms with E-state index in [2.05, 4.69) is 24.3 Å². The molecule has 0 aromatic heterocycles. The van der Waals surface area contributed by atoms with Crippen LogP contribution in [0.3, 0.4) is 0 Å². The van der Waals surface area contributed by atoms with Crippen LogP contribution in [0.15, 0.2) is 72.8 Å². The highest BCUT2D eigenvalue weighted by molar-refractivity contribution is 6.39. The Labute approximate surface area is 180 Å². The molecule has 7 aromatic rings. The number of aromatic carboxylic acids is 2. The molecule has 0 saturated carbocycles. The Balaban J connectivity index is 1.74. The molecule has 0 spiro atoms. The average molecular weight is 414 g/mol. The molecule has 0 unspecified atom stereocenters. The molecule has 4 heteroatoms. The monoisotopic (exact) mass is 414 g/mol. The Morgan fingerprint density at radius 3 is 0.969 bits per heavy atom. The number of hydrogen-bond acceptors (Lipinski definition) is 2. The van der Waals surface area contributed by atoms with Crippen molar-refractivity contribution in [3.63, 3.8) is 0 Å². The first-order valence-electron chi connectivity index (χ1n) is 10.3. The molecule has 0 fully saturated rings. The summed E-state index contributed by atoms with van der Waals surface area (Å²) in [6, 6.07) is 23.2. The Bertz CT molecular complexity index is 1670. The minimum absolute atomic E-state index is 0.284. The maximum Gasteiger partial charge on any atom is 0.335 e. The summed E-state index contributed by atoms with van der Waals surface area (Å²) < 4.78 is 0. The third-order valence-corrected chi connectivity index (χ3v) is 6.77. The molecule has 0 atom stereocenters. The molecule has 0 saturated heterocycles. The highest BCUT2D eigenvalue weighted by Crippen LogP contribution is 2.45. The SMILES string of the molecule is O=C(O)c1cc2ccc3c4ccc5cc(C(=O)O)cc6ccc(c7ccc(c1)c2c37)c4c56. The van der Waals surface area contributed by atoms with Gasteiger partial charge in [-0.15, -0.1) is 0 Å². The van der Waals surface area contributed by atoms with Crippen LogP contribution in [0.1, 0.15) is 20.7 Å². The van der Waals surface area contributed by atoms with Gasteiger partial charge in [0.2, 0.25) is 0 Å². The van der Waals surface area contributed by atoms with Crippen LogP contribution in [-0.4, -0.2) is 22.2 Å². The summed E-state index contributed by atoms with van der Waals surface area (Å²) in [5.74, 6) is -1.86. The Hall–Kier alpha value is -4.44. The first-order chi connectivity index (χ1) is 15.5. The van der Waals surface area contributed by atoms with E-state index in [1.165, 1.54) is 0 Å².